The highest BCUT2D eigenvalue weighted by Crippen LogP contribution is 2.33. The molecule has 0 amide bonds. The van der Waals surface area contributed by atoms with E-state index in [9.17, 15) is 13.2 Å². The number of benzene rings is 2. The van der Waals surface area contributed by atoms with Crippen LogP contribution in [0.2, 0.25) is 0 Å². The summed E-state index contributed by atoms with van der Waals surface area (Å²) < 4.78 is 46.1. The molecule has 0 spiro atoms. The van der Waals surface area contributed by atoms with Gasteiger partial charge < -0.3 is 4.74 Å². The van der Waals surface area contributed by atoms with E-state index < -0.39 is 11.7 Å². The van der Waals surface area contributed by atoms with E-state index >= 15 is 0 Å². The van der Waals surface area contributed by atoms with Crippen molar-refractivity contribution in [3.05, 3.63) is 71.0 Å². The number of aromatic nitrogens is 4. The van der Waals surface area contributed by atoms with Crippen LogP contribution in [0.3, 0.4) is 0 Å². The number of piperidine rings is 1. The number of hydrogen-bond acceptors (Lipinski definition) is 5. The molecule has 6 nitrogen and oxygen atoms in total. The van der Waals surface area contributed by atoms with Crippen LogP contribution in [0.1, 0.15) is 47.8 Å². The molecule has 0 unspecified atom stereocenters. The maximum Gasteiger partial charge on any atom is 0.416 e. The lowest BCUT2D eigenvalue weighted by Crippen LogP contribution is -2.36. The summed E-state index contributed by atoms with van der Waals surface area (Å²) in [6, 6.07) is 12.7. The van der Waals surface area contributed by atoms with Crippen LogP contribution in [-0.4, -0.2) is 45.3 Å². The Bertz CT molecular complexity index is 980. The van der Waals surface area contributed by atoms with Gasteiger partial charge in [-0.25, -0.2) is 4.68 Å². The van der Waals surface area contributed by atoms with Gasteiger partial charge in [-0.15, -0.1) is 5.10 Å². The zero-order chi connectivity index (χ0) is 21.8. The standard InChI is InChI=1S/C22H24F3N5O/c1-31-19-11-5-16(6-12-19)15-30-21(26-27-28-30)20(29-13-3-2-4-14-29)17-7-9-18(10-8-17)22(23,24)25/h5-12,20H,2-4,13-15H2,1H3/t20-/m0/s1. The highest BCUT2D eigenvalue weighted by Gasteiger charge is 2.32. The normalized spacial score (nSPS) is 16.3. The molecular formula is C22H24F3N5O. The minimum absolute atomic E-state index is 0.309. The lowest BCUT2D eigenvalue weighted by atomic mass is 9.99. The number of tetrazole rings is 1. The molecule has 1 aliphatic rings. The smallest absolute Gasteiger partial charge is 0.416 e. The van der Waals surface area contributed by atoms with Gasteiger partial charge in [0, 0.05) is 0 Å². The van der Waals surface area contributed by atoms with E-state index in [0.717, 1.165) is 61.4 Å². The summed E-state index contributed by atoms with van der Waals surface area (Å²) in [6.45, 7) is 2.15. The summed E-state index contributed by atoms with van der Waals surface area (Å²) >= 11 is 0. The van der Waals surface area contributed by atoms with Gasteiger partial charge in [0.25, 0.3) is 0 Å². The Hall–Kier alpha value is -2.94. The van der Waals surface area contributed by atoms with Crippen LogP contribution in [0, 0.1) is 0 Å². The van der Waals surface area contributed by atoms with Crippen molar-refractivity contribution in [3.63, 3.8) is 0 Å². The second kappa shape index (κ2) is 9.05. The summed E-state index contributed by atoms with van der Waals surface area (Å²) in [5, 5.41) is 12.3. The van der Waals surface area contributed by atoms with Crippen LogP contribution in [0.25, 0.3) is 0 Å². The molecule has 3 aromatic rings. The molecule has 1 saturated heterocycles. The van der Waals surface area contributed by atoms with Crippen LogP contribution >= 0.6 is 0 Å². The molecule has 1 fully saturated rings. The topological polar surface area (TPSA) is 56.1 Å². The molecule has 1 aromatic heterocycles. The maximum absolute atomic E-state index is 13.1. The third-order valence-electron chi connectivity index (χ3n) is 5.61. The van der Waals surface area contributed by atoms with Gasteiger partial charge in [0.05, 0.1) is 25.3 Å². The fourth-order valence-corrected chi connectivity index (χ4v) is 3.98. The van der Waals surface area contributed by atoms with Gasteiger partial charge in [-0.3, -0.25) is 4.90 Å². The maximum atomic E-state index is 13.1. The number of hydrogen-bond donors (Lipinski definition) is 0. The van der Waals surface area contributed by atoms with Gasteiger partial charge in [0.15, 0.2) is 5.82 Å². The number of likely N-dealkylation sites (tertiary alicyclic amines) is 1. The van der Waals surface area contributed by atoms with Crippen molar-refractivity contribution in [2.24, 2.45) is 0 Å². The Morgan fingerprint density at radius 2 is 1.65 bits per heavy atom. The number of nitrogens with zero attached hydrogens (tertiary/aromatic N) is 5. The first-order chi connectivity index (χ1) is 15.0. The van der Waals surface area contributed by atoms with Gasteiger partial charge in [-0.2, -0.15) is 13.2 Å². The molecule has 0 bridgehead atoms. The Labute approximate surface area is 178 Å². The molecule has 0 aliphatic carbocycles. The van der Waals surface area contributed by atoms with Gasteiger partial charge in [0.1, 0.15) is 5.75 Å². The van der Waals surface area contributed by atoms with Crippen molar-refractivity contribution in [1.29, 1.82) is 0 Å². The van der Waals surface area contributed by atoms with E-state index in [0.29, 0.717) is 12.4 Å². The van der Waals surface area contributed by atoms with E-state index in [2.05, 4.69) is 20.4 Å². The average molecular weight is 431 g/mol. The van der Waals surface area contributed by atoms with E-state index in [1.807, 2.05) is 24.3 Å². The lowest BCUT2D eigenvalue weighted by Gasteiger charge is -2.34. The fourth-order valence-electron chi connectivity index (χ4n) is 3.98. The third kappa shape index (κ3) is 4.87. The number of ether oxygens (including phenoxy) is 1. The fraction of sp³-hybridized carbons (Fsp3) is 0.409. The Morgan fingerprint density at radius 1 is 0.968 bits per heavy atom. The van der Waals surface area contributed by atoms with Crippen LogP contribution in [0.4, 0.5) is 13.2 Å². The van der Waals surface area contributed by atoms with Crippen molar-refractivity contribution in [2.45, 2.75) is 38.0 Å². The molecule has 1 aliphatic heterocycles. The first-order valence-electron chi connectivity index (χ1n) is 10.3. The first-order valence-corrected chi connectivity index (χ1v) is 10.3. The minimum atomic E-state index is -4.37. The zero-order valence-corrected chi connectivity index (χ0v) is 17.2. The second-order valence-electron chi connectivity index (χ2n) is 7.66. The summed E-state index contributed by atoms with van der Waals surface area (Å²) in [7, 11) is 1.61. The van der Waals surface area contributed by atoms with Gasteiger partial charge in [-0.05, 0) is 71.8 Å². The molecule has 0 N–H and O–H groups in total. The van der Waals surface area contributed by atoms with Crippen molar-refractivity contribution >= 4 is 0 Å². The van der Waals surface area contributed by atoms with Gasteiger partial charge in [-0.1, -0.05) is 30.7 Å². The predicted molar refractivity (Wildman–Crippen MR) is 109 cm³/mol. The molecule has 9 heteroatoms. The first kappa shape index (κ1) is 21.3. The predicted octanol–water partition coefficient (Wildman–Crippen LogP) is 4.32. The summed E-state index contributed by atoms with van der Waals surface area (Å²) in [5.74, 6) is 1.38. The van der Waals surface area contributed by atoms with Crippen molar-refractivity contribution in [2.75, 3.05) is 20.2 Å². The lowest BCUT2D eigenvalue weighted by molar-refractivity contribution is -0.137. The molecule has 164 valence electrons. The van der Waals surface area contributed by atoms with Crippen LogP contribution < -0.4 is 4.74 Å². The van der Waals surface area contributed by atoms with Crippen molar-refractivity contribution in [1.82, 2.24) is 25.1 Å². The average Bonchev–Trinajstić information content (AvgIpc) is 3.22. The monoisotopic (exact) mass is 431 g/mol. The number of alkyl halides is 3. The van der Waals surface area contributed by atoms with Crippen molar-refractivity contribution < 1.29 is 17.9 Å². The Kier molecular flexibility index (Phi) is 6.22. The number of halogens is 3. The van der Waals surface area contributed by atoms with E-state index in [4.69, 9.17) is 4.74 Å². The van der Waals surface area contributed by atoms with Crippen LogP contribution in [0.5, 0.6) is 5.75 Å². The highest BCUT2D eigenvalue weighted by molar-refractivity contribution is 5.31. The molecule has 31 heavy (non-hydrogen) atoms. The zero-order valence-electron chi connectivity index (χ0n) is 17.2. The molecule has 4 rings (SSSR count). The summed E-state index contributed by atoms with van der Waals surface area (Å²) in [6.07, 6.45) is -1.14. The van der Waals surface area contributed by atoms with E-state index in [1.54, 1.807) is 11.8 Å². The Balaban J connectivity index is 1.67. The molecular weight excluding hydrogens is 407 g/mol. The molecule has 2 heterocycles. The third-order valence-corrected chi connectivity index (χ3v) is 5.61. The molecule has 2 aromatic carbocycles. The van der Waals surface area contributed by atoms with Crippen LogP contribution in [0.15, 0.2) is 48.5 Å². The summed E-state index contributed by atoms with van der Waals surface area (Å²) in [5.41, 5.74) is 1.09. The van der Waals surface area contributed by atoms with E-state index in [1.165, 1.54) is 12.1 Å². The highest BCUT2D eigenvalue weighted by atomic mass is 19.4. The van der Waals surface area contributed by atoms with Gasteiger partial charge >= 0.3 is 6.18 Å². The van der Waals surface area contributed by atoms with Gasteiger partial charge in [0.2, 0.25) is 0 Å². The SMILES string of the molecule is COc1ccc(Cn2nnnc2[C@H](c2ccc(C(F)(F)F)cc2)N2CCCCC2)cc1. The molecule has 1 atom stereocenters. The van der Waals surface area contributed by atoms with E-state index in [-0.39, 0.29) is 6.04 Å². The number of rotatable bonds is 6. The second-order valence-corrected chi connectivity index (χ2v) is 7.66. The summed E-state index contributed by atoms with van der Waals surface area (Å²) in [4.78, 5) is 2.25. The largest absolute Gasteiger partial charge is 0.497 e. The molecule has 0 radical (unpaired) electrons. The van der Waals surface area contributed by atoms with Crippen LogP contribution in [-0.2, 0) is 12.7 Å². The molecule has 0 saturated carbocycles. The quantitative estimate of drug-likeness (QED) is 0.582. The minimum Gasteiger partial charge on any atom is -0.497 e. The Morgan fingerprint density at radius 3 is 2.26 bits per heavy atom. The van der Waals surface area contributed by atoms with Crippen molar-refractivity contribution in [3.8, 4) is 5.75 Å². The number of methoxy groups -OCH3 is 1.